The quantitative estimate of drug-likeness (QED) is 0.806. The Balaban J connectivity index is 2.08. The highest BCUT2D eigenvalue weighted by atomic mass is 15.2. The van der Waals surface area contributed by atoms with Gasteiger partial charge in [0.15, 0.2) is 0 Å². The molecule has 2 heteroatoms. The smallest absolute Gasteiger partial charge is 0.0370 e. The van der Waals surface area contributed by atoms with Crippen LogP contribution in [0.2, 0.25) is 0 Å². The van der Waals surface area contributed by atoms with E-state index in [-0.39, 0.29) is 0 Å². The van der Waals surface area contributed by atoms with E-state index >= 15 is 0 Å². The second kappa shape index (κ2) is 5.44. The highest BCUT2D eigenvalue weighted by molar-refractivity contribution is 5.53. The van der Waals surface area contributed by atoms with Crippen LogP contribution in [0.5, 0.6) is 0 Å². The molecule has 1 aliphatic carbocycles. The molecule has 2 nitrogen and oxygen atoms in total. The molecule has 0 spiro atoms. The van der Waals surface area contributed by atoms with E-state index in [0.29, 0.717) is 0 Å². The van der Waals surface area contributed by atoms with Gasteiger partial charge < -0.3 is 10.6 Å². The van der Waals surface area contributed by atoms with Crippen molar-refractivity contribution in [3.8, 4) is 0 Å². The van der Waals surface area contributed by atoms with Crippen LogP contribution in [0.15, 0.2) is 24.3 Å². The molecule has 0 aromatic heterocycles. The summed E-state index contributed by atoms with van der Waals surface area (Å²) >= 11 is 0. The fraction of sp³-hybridized carbons (Fsp3) is 0.600. The van der Waals surface area contributed by atoms with Crippen LogP contribution < -0.4 is 10.6 Å². The van der Waals surface area contributed by atoms with E-state index in [1.807, 2.05) is 12.1 Å². The minimum atomic E-state index is 0.722. The van der Waals surface area contributed by atoms with E-state index in [1.54, 1.807) is 0 Å². The van der Waals surface area contributed by atoms with Gasteiger partial charge in [-0.15, -0.1) is 0 Å². The fourth-order valence-corrected chi connectivity index (χ4v) is 2.87. The SMILES string of the molecule is CCN(c1ccc(N)cc1)C1CCC(C)CC1. The van der Waals surface area contributed by atoms with E-state index in [2.05, 4.69) is 30.9 Å². The highest BCUT2D eigenvalue weighted by Gasteiger charge is 2.23. The van der Waals surface area contributed by atoms with Crippen molar-refractivity contribution in [3.63, 3.8) is 0 Å². The van der Waals surface area contributed by atoms with Crippen LogP contribution in [0.25, 0.3) is 0 Å². The summed E-state index contributed by atoms with van der Waals surface area (Å²) < 4.78 is 0. The van der Waals surface area contributed by atoms with Gasteiger partial charge in [-0.2, -0.15) is 0 Å². The number of anilines is 2. The van der Waals surface area contributed by atoms with Crippen LogP contribution >= 0.6 is 0 Å². The van der Waals surface area contributed by atoms with Gasteiger partial charge in [0.2, 0.25) is 0 Å². The molecule has 0 heterocycles. The van der Waals surface area contributed by atoms with Crippen molar-refractivity contribution in [3.05, 3.63) is 24.3 Å². The van der Waals surface area contributed by atoms with Gasteiger partial charge in [-0.1, -0.05) is 6.92 Å². The molecule has 1 aromatic rings. The molecular weight excluding hydrogens is 208 g/mol. The van der Waals surface area contributed by atoms with Crippen molar-refractivity contribution < 1.29 is 0 Å². The van der Waals surface area contributed by atoms with Gasteiger partial charge >= 0.3 is 0 Å². The zero-order chi connectivity index (χ0) is 12.3. The monoisotopic (exact) mass is 232 g/mol. The van der Waals surface area contributed by atoms with Crippen LogP contribution in [0.3, 0.4) is 0 Å². The summed E-state index contributed by atoms with van der Waals surface area (Å²) in [5.41, 5.74) is 7.92. The molecule has 0 atom stereocenters. The fourth-order valence-electron chi connectivity index (χ4n) is 2.87. The van der Waals surface area contributed by atoms with E-state index in [1.165, 1.54) is 31.4 Å². The lowest BCUT2D eigenvalue weighted by Crippen LogP contribution is -2.37. The molecule has 0 radical (unpaired) electrons. The van der Waals surface area contributed by atoms with Gasteiger partial charge in [0.05, 0.1) is 0 Å². The molecule has 1 aromatic carbocycles. The Labute approximate surface area is 105 Å². The highest BCUT2D eigenvalue weighted by Crippen LogP contribution is 2.30. The summed E-state index contributed by atoms with van der Waals surface area (Å²) in [4.78, 5) is 2.53. The Morgan fingerprint density at radius 3 is 2.24 bits per heavy atom. The number of hydrogen-bond donors (Lipinski definition) is 1. The maximum atomic E-state index is 5.75. The number of benzene rings is 1. The van der Waals surface area contributed by atoms with Gasteiger partial charge in [-0.05, 0) is 62.8 Å². The minimum Gasteiger partial charge on any atom is -0.399 e. The second-order valence-corrected chi connectivity index (χ2v) is 5.29. The molecule has 0 bridgehead atoms. The molecule has 1 fully saturated rings. The van der Waals surface area contributed by atoms with Gasteiger partial charge in [-0.3, -0.25) is 0 Å². The summed E-state index contributed by atoms with van der Waals surface area (Å²) in [6.07, 6.45) is 5.41. The lowest BCUT2D eigenvalue weighted by Gasteiger charge is -2.37. The molecule has 0 aliphatic heterocycles. The Morgan fingerprint density at radius 1 is 1.12 bits per heavy atom. The van der Waals surface area contributed by atoms with Crippen molar-refractivity contribution in [2.45, 2.75) is 45.6 Å². The maximum absolute atomic E-state index is 5.75. The molecule has 1 saturated carbocycles. The maximum Gasteiger partial charge on any atom is 0.0370 e. The summed E-state index contributed by atoms with van der Waals surface area (Å²) in [6, 6.07) is 9.03. The summed E-state index contributed by atoms with van der Waals surface area (Å²) in [7, 11) is 0. The Kier molecular flexibility index (Phi) is 3.93. The number of rotatable bonds is 3. The topological polar surface area (TPSA) is 29.3 Å². The van der Waals surface area contributed by atoms with Gasteiger partial charge in [0.25, 0.3) is 0 Å². The average Bonchev–Trinajstić information content (AvgIpc) is 2.35. The van der Waals surface area contributed by atoms with Gasteiger partial charge in [0.1, 0.15) is 0 Å². The molecule has 0 amide bonds. The molecule has 1 aliphatic rings. The normalized spacial score (nSPS) is 24.6. The minimum absolute atomic E-state index is 0.722. The Morgan fingerprint density at radius 2 is 1.71 bits per heavy atom. The summed E-state index contributed by atoms with van der Waals surface area (Å²) in [5.74, 6) is 0.913. The third kappa shape index (κ3) is 2.93. The predicted octanol–water partition coefficient (Wildman–Crippen LogP) is 3.67. The second-order valence-electron chi connectivity index (χ2n) is 5.29. The molecule has 2 N–H and O–H groups in total. The predicted molar refractivity (Wildman–Crippen MR) is 75.3 cm³/mol. The molecule has 0 saturated heterocycles. The third-order valence-electron chi connectivity index (χ3n) is 3.99. The van der Waals surface area contributed by atoms with E-state index < -0.39 is 0 Å². The first-order valence-electron chi connectivity index (χ1n) is 6.83. The van der Waals surface area contributed by atoms with Crippen molar-refractivity contribution in [1.82, 2.24) is 0 Å². The van der Waals surface area contributed by atoms with Crippen LogP contribution in [0.1, 0.15) is 39.5 Å². The third-order valence-corrected chi connectivity index (χ3v) is 3.99. The lowest BCUT2D eigenvalue weighted by atomic mass is 9.86. The van der Waals surface area contributed by atoms with Gasteiger partial charge in [0, 0.05) is 24.0 Å². The van der Waals surface area contributed by atoms with Crippen LogP contribution in [0, 0.1) is 5.92 Å². The Bertz CT molecular complexity index is 336. The van der Waals surface area contributed by atoms with Crippen LogP contribution in [-0.2, 0) is 0 Å². The van der Waals surface area contributed by atoms with Crippen molar-refractivity contribution in [2.75, 3.05) is 17.2 Å². The standard InChI is InChI=1S/C15H24N2/c1-3-17(14-8-4-12(2)5-9-14)15-10-6-13(16)7-11-15/h6-7,10-12,14H,3-5,8-9,16H2,1-2H3. The number of nitrogens with zero attached hydrogens (tertiary/aromatic N) is 1. The van der Waals surface area contributed by atoms with Crippen LogP contribution in [-0.4, -0.2) is 12.6 Å². The van der Waals surface area contributed by atoms with E-state index in [4.69, 9.17) is 5.73 Å². The molecule has 17 heavy (non-hydrogen) atoms. The largest absolute Gasteiger partial charge is 0.399 e. The van der Waals surface area contributed by atoms with E-state index in [0.717, 1.165) is 24.2 Å². The molecule has 0 unspecified atom stereocenters. The molecule has 2 rings (SSSR count). The van der Waals surface area contributed by atoms with Gasteiger partial charge in [-0.25, -0.2) is 0 Å². The van der Waals surface area contributed by atoms with Crippen molar-refractivity contribution in [2.24, 2.45) is 5.92 Å². The summed E-state index contributed by atoms with van der Waals surface area (Å²) in [5, 5.41) is 0. The first-order chi connectivity index (χ1) is 8.20. The van der Waals surface area contributed by atoms with E-state index in [9.17, 15) is 0 Å². The number of hydrogen-bond acceptors (Lipinski definition) is 2. The van der Waals surface area contributed by atoms with Crippen molar-refractivity contribution >= 4 is 11.4 Å². The zero-order valence-electron chi connectivity index (χ0n) is 11.0. The number of nitrogen functional groups attached to an aromatic ring is 1. The van der Waals surface area contributed by atoms with Crippen molar-refractivity contribution in [1.29, 1.82) is 0 Å². The first kappa shape index (κ1) is 12.3. The zero-order valence-corrected chi connectivity index (χ0v) is 11.0. The van der Waals surface area contributed by atoms with Crippen LogP contribution in [0.4, 0.5) is 11.4 Å². The average molecular weight is 232 g/mol. The molecule has 94 valence electrons. The lowest BCUT2D eigenvalue weighted by molar-refractivity contribution is 0.336. The molecular formula is C15H24N2. The summed E-state index contributed by atoms with van der Waals surface area (Å²) in [6.45, 7) is 5.70. The first-order valence-corrected chi connectivity index (χ1v) is 6.83. The number of nitrogens with two attached hydrogens (primary N) is 1. The Hall–Kier alpha value is -1.18.